The van der Waals surface area contributed by atoms with Crippen molar-refractivity contribution in [2.45, 2.75) is 119 Å². The Hall–Kier alpha value is -1.75. The first-order valence-electron chi connectivity index (χ1n) is 15.4. The van der Waals surface area contributed by atoms with Gasteiger partial charge in [0, 0.05) is 0 Å². The zero-order chi connectivity index (χ0) is 30.3. The first-order chi connectivity index (χ1) is 18.6. The Bertz CT molecular complexity index is 466. The van der Waals surface area contributed by atoms with Crippen molar-refractivity contribution in [3.05, 3.63) is 0 Å². The average molecular weight is 579 g/mol. The molecular weight excluding hydrogens is 512 g/mol. The summed E-state index contributed by atoms with van der Waals surface area (Å²) in [5, 5.41) is 25.9. The second-order valence-electron chi connectivity index (χ2n) is 10.1. The first kappa shape index (κ1) is 45.2. The van der Waals surface area contributed by atoms with Gasteiger partial charge >= 0.3 is 17.9 Å². The Balaban J connectivity index is -0.000000240. The highest BCUT2D eigenvalue weighted by Crippen LogP contribution is 2.00. The maximum absolute atomic E-state index is 10.5. The molecule has 0 saturated carbocycles. The highest BCUT2D eigenvalue weighted by atomic mass is 16.4. The van der Waals surface area contributed by atoms with E-state index < -0.39 is 17.9 Å². The molecule has 0 atom stereocenters. The third kappa shape index (κ3) is 38.4. The van der Waals surface area contributed by atoms with Gasteiger partial charge in [-0.25, -0.2) is 0 Å². The number of carbonyl (C=O) groups is 3. The number of hydrogen-bond acceptors (Lipinski definition) is 7. The van der Waals surface area contributed by atoms with Gasteiger partial charge in [0.25, 0.3) is 0 Å². The van der Waals surface area contributed by atoms with Crippen LogP contribution >= 0.6 is 0 Å². The van der Waals surface area contributed by atoms with Crippen molar-refractivity contribution in [1.29, 1.82) is 0 Å². The fraction of sp³-hybridized carbons (Fsp3) is 0.900. The van der Waals surface area contributed by atoms with E-state index in [4.69, 9.17) is 15.3 Å². The zero-order valence-electron chi connectivity index (χ0n) is 27.0. The van der Waals surface area contributed by atoms with Crippen molar-refractivity contribution in [2.75, 3.05) is 58.9 Å². The molecule has 0 aromatic rings. The lowest BCUT2D eigenvalue weighted by atomic mass is 10.2. The van der Waals surface area contributed by atoms with Crippen LogP contribution < -0.4 is 6.15 Å². The van der Waals surface area contributed by atoms with Crippen LogP contribution in [0.2, 0.25) is 0 Å². The highest BCUT2D eigenvalue weighted by molar-refractivity contribution is 5.69. The highest BCUT2D eigenvalue weighted by Gasteiger charge is 2.09. The van der Waals surface area contributed by atoms with E-state index in [9.17, 15) is 14.4 Å². The SMILES string of the molecule is CCCCN(CCCC)CC(=O)O.CCCCN(CCCC)CC(=O)O.CCCCN(CCCC)CC(=O)O.N. The fourth-order valence-electron chi connectivity index (χ4n) is 3.67. The molecule has 40 heavy (non-hydrogen) atoms. The number of unbranched alkanes of at least 4 members (excludes halogenated alkanes) is 6. The summed E-state index contributed by atoms with van der Waals surface area (Å²) >= 11 is 0. The van der Waals surface area contributed by atoms with Crippen molar-refractivity contribution in [3.63, 3.8) is 0 Å². The molecule has 0 amide bonds. The molecule has 0 radical (unpaired) electrons. The average Bonchev–Trinajstić information content (AvgIpc) is 2.88. The van der Waals surface area contributed by atoms with Crippen molar-refractivity contribution in [1.82, 2.24) is 20.9 Å². The molecule has 0 aliphatic carbocycles. The van der Waals surface area contributed by atoms with Crippen LogP contribution in [0.15, 0.2) is 0 Å². The lowest BCUT2D eigenvalue weighted by molar-refractivity contribution is -0.139. The number of carboxylic acid groups (broad SMARTS) is 3. The van der Waals surface area contributed by atoms with Crippen molar-refractivity contribution >= 4 is 17.9 Å². The lowest BCUT2D eigenvalue weighted by Gasteiger charge is -2.19. The van der Waals surface area contributed by atoms with Gasteiger partial charge in [0.15, 0.2) is 0 Å². The molecule has 6 N–H and O–H groups in total. The third-order valence-corrected chi connectivity index (χ3v) is 6.04. The van der Waals surface area contributed by atoms with E-state index in [2.05, 4.69) is 41.5 Å². The van der Waals surface area contributed by atoms with Crippen LogP contribution in [0.25, 0.3) is 0 Å². The molecule has 0 rings (SSSR count). The van der Waals surface area contributed by atoms with E-state index in [0.717, 1.165) is 116 Å². The molecule has 0 unspecified atom stereocenters. The predicted octanol–water partition coefficient (Wildman–Crippen LogP) is 6.08. The summed E-state index contributed by atoms with van der Waals surface area (Å²) in [5.74, 6) is -2.15. The maximum atomic E-state index is 10.5. The quantitative estimate of drug-likeness (QED) is 0.106. The summed E-state index contributed by atoms with van der Waals surface area (Å²) in [6.07, 6.45) is 13.3. The van der Waals surface area contributed by atoms with E-state index in [-0.39, 0.29) is 25.8 Å². The van der Waals surface area contributed by atoms with E-state index in [1.54, 1.807) is 0 Å². The van der Waals surface area contributed by atoms with Crippen LogP contribution in [0.5, 0.6) is 0 Å². The van der Waals surface area contributed by atoms with E-state index in [1.807, 2.05) is 14.7 Å². The molecule has 0 fully saturated rings. The van der Waals surface area contributed by atoms with E-state index in [1.165, 1.54) is 0 Å². The summed E-state index contributed by atoms with van der Waals surface area (Å²) in [4.78, 5) is 37.6. The van der Waals surface area contributed by atoms with Gasteiger partial charge in [-0.15, -0.1) is 0 Å². The van der Waals surface area contributed by atoms with Gasteiger partial charge in [-0.2, -0.15) is 0 Å². The Morgan fingerprint density at radius 2 is 0.550 bits per heavy atom. The second kappa shape index (κ2) is 35.3. The van der Waals surface area contributed by atoms with Crippen molar-refractivity contribution < 1.29 is 29.7 Å². The Labute approximate surface area is 246 Å². The van der Waals surface area contributed by atoms with Gasteiger partial charge in [-0.3, -0.25) is 29.1 Å². The van der Waals surface area contributed by atoms with Crippen molar-refractivity contribution in [2.24, 2.45) is 0 Å². The molecule has 0 heterocycles. The van der Waals surface area contributed by atoms with Gasteiger partial charge in [0.2, 0.25) is 0 Å². The molecule has 10 heteroatoms. The summed E-state index contributed by atoms with van der Waals surface area (Å²) in [6, 6.07) is 0. The topological polar surface area (TPSA) is 157 Å². The standard InChI is InChI=1S/3C10H21NO2.H3N/c3*1-3-5-7-11(8-6-4-2)9-10(12)13;/h3*3-9H2,1-2H3,(H,12,13);1H3. The minimum atomic E-state index is -0.716. The van der Waals surface area contributed by atoms with Gasteiger partial charge in [-0.1, -0.05) is 80.1 Å². The summed E-state index contributed by atoms with van der Waals surface area (Å²) < 4.78 is 0. The largest absolute Gasteiger partial charge is 0.480 e. The maximum Gasteiger partial charge on any atom is 0.317 e. The monoisotopic (exact) mass is 578 g/mol. The molecule has 0 saturated heterocycles. The second-order valence-corrected chi connectivity index (χ2v) is 10.1. The Morgan fingerprint density at radius 3 is 0.650 bits per heavy atom. The molecule has 0 aromatic carbocycles. The molecule has 242 valence electrons. The normalized spacial score (nSPS) is 10.4. The minimum absolute atomic E-state index is 0. The van der Waals surface area contributed by atoms with Crippen LogP contribution in [0.1, 0.15) is 119 Å². The number of nitrogens with zero attached hydrogens (tertiary/aromatic N) is 3. The number of hydrogen-bond donors (Lipinski definition) is 4. The van der Waals surface area contributed by atoms with Crippen molar-refractivity contribution in [3.8, 4) is 0 Å². The Kier molecular flexibility index (Phi) is 39.9. The molecule has 0 aliphatic heterocycles. The first-order valence-corrected chi connectivity index (χ1v) is 15.4. The van der Waals surface area contributed by atoms with Gasteiger partial charge < -0.3 is 21.5 Å². The predicted molar refractivity (Wildman–Crippen MR) is 167 cm³/mol. The minimum Gasteiger partial charge on any atom is -0.480 e. The number of aliphatic carboxylic acids is 3. The summed E-state index contributed by atoms with van der Waals surface area (Å²) in [7, 11) is 0. The number of carboxylic acids is 3. The van der Waals surface area contributed by atoms with Crippen LogP contribution in [0.3, 0.4) is 0 Å². The van der Waals surface area contributed by atoms with E-state index >= 15 is 0 Å². The smallest absolute Gasteiger partial charge is 0.317 e. The van der Waals surface area contributed by atoms with Crippen LogP contribution in [0.4, 0.5) is 0 Å². The molecule has 10 nitrogen and oxygen atoms in total. The van der Waals surface area contributed by atoms with E-state index in [0.29, 0.717) is 0 Å². The zero-order valence-corrected chi connectivity index (χ0v) is 27.0. The summed E-state index contributed by atoms with van der Waals surface area (Å²) in [6.45, 7) is 18.8. The molecule has 0 bridgehead atoms. The fourth-order valence-corrected chi connectivity index (χ4v) is 3.67. The number of rotatable bonds is 24. The molecule has 0 spiro atoms. The lowest BCUT2D eigenvalue weighted by Crippen LogP contribution is -2.31. The molecule has 0 aliphatic rings. The third-order valence-electron chi connectivity index (χ3n) is 6.04. The van der Waals surface area contributed by atoms with Gasteiger partial charge in [0.1, 0.15) is 0 Å². The Morgan fingerprint density at radius 1 is 0.400 bits per heavy atom. The van der Waals surface area contributed by atoms with Crippen LogP contribution in [-0.4, -0.2) is 107 Å². The molecule has 0 aromatic heterocycles. The van der Waals surface area contributed by atoms with Crippen LogP contribution in [0, 0.1) is 0 Å². The summed E-state index contributed by atoms with van der Waals surface area (Å²) in [5.41, 5.74) is 0. The van der Waals surface area contributed by atoms with Gasteiger partial charge in [0.05, 0.1) is 19.6 Å². The van der Waals surface area contributed by atoms with Gasteiger partial charge in [-0.05, 0) is 77.8 Å². The molecular formula is C30H66N4O6. The van der Waals surface area contributed by atoms with Crippen LogP contribution in [-0.2, 0) is 14.4 Å².